The maximum absolute atomic E-state index is 13.7. The Morgan fingerprint density at radius 2 is 1.78 bits per heavy atom. The van der Waals surface area contributed by atoms with Crippen LogP contribution in [0.2, 0.25) is 0 Å². The van der Waals surface area contributed by atoms with Gasteiger partial charge in [0.05, 0.1) is 21.5 Å². The van der Waals surface area contributed by atoms with Gasteiger partial charge in [0.1, 0.15) is 0 Å². The zero-order valence-corrected chi connectivity index (χ0v) is 9.55. The van der Waals surface area contributed by atoms with Gasteiger partial charge in [-0.1, -0.05) is 13.8 Å². The number of hydrogen-bond acceptors (Lipinski definition) is 5. The summed E-state index contributed by atoms with van der Waals surface area (Å²) >= 11 is 0. The third-order valence-corrected chi connectivity index (χ3v) is 2.24. The van der Waals surface area contributed by atoms with Gasteiger partial charge in [-0.3, -0.25) is 25.0 Å². The molecule has 1 aromatic rings. The second-order valence-corrected chi connectivity index (χ2v) is 3.86. The third-order valence-electron chi connectivity index (χ3n) is 2.24. The Hall–Kier alpha value is -2.38. The predicted octanol–water partition coefficient (Wildman–Crippen LogP) is 2.48. The van der Waals surface area contributed by atoms with Crippen LogP contribution in [0.5, 0.6) is 0 Å². The molecule has 0 bridgehead atoms. The van der Waals surface area contributed by atoms with Crippen LogP contribution < -0.4 is 0 Å². The van der Waals surface area contributed by atoms with Crippen LogP contribution in [0.1, 0.15) is 24.2 Å². The second-order valence-electron chi connectivity index (χ2n) is 3.86. The summed E-state index contributed by atoms with van der Waals surface area (Å²) in [7, 11) is 0. The molecule has 1 rings (SSSR count). The van der Waals surface area contributed by atoms with E-state index in [0.29, 0.717) is 12.1 Å². The van der Waals surface area contributed by atoms with E-state index in [1.165, 1.54) is 13.8 Å². The molecule has 0 amide bonds. The van der Waals surface area contributed by atoms with Gasteiger partial charge in [0.15, 0.2) is 5.78 Å². The van der Waals surface area contributed by atoms with Crippen molar-refractivity contribution in [3.8, 4) is 0 Å². The van der Waals surface area contributed by atoms with Crippen molar-refractivity contribution in [2.24, 2.45) is 5.92 Å². The Morgan fingerprint density at radius 1 is 1.22 bits per heavy atom. The van der Waals surface area contributed by atoms with E-state index in [0.717, 1.165) is 0 Å². The molecule has 0 unspecified atom stereocenters. The lowest BCUT2D eigenvalue weighted by molar-refractivity contribution is -0.395. The van der Waals surface area contributed by atoms with Crippen molar-refractivity contribution in [1.82, 2.24) is 0 Å². The molecule has 0 aliphatic carbocycles. The van der Waals surface area contributed by atoms with Gasteiger partial charge in [-0.25, -0.2) is 0 Å². The summed E-state index contributed by atoms with van der Waals surface area (Å²) in [5, 5.41) is 21.2. The van der Waals surface area contributed by atoms with Crippen molar-refractivity contribution in [3.05, 3.63) is 43.7 Å². The zero-order valence-electron chi connectivity index (χ0n) is 9.55. The predicted molar refractivity (Wildman–Crippen MR) is 58.9 cm³/mol. The number of Topliss-reactive ketones (excluding diaryl/α,β-unsaturated/α-hetero) is 1. The SMILES string of the molecule is CC(C)C(=O)c1cc([N+](=O)[O-])cc([N+](=O)[O-])c1F. The van der Waals surface area contributed by atoms with Crippen molar-refractivity contribution in [1.29, 1.82) is 0 Å². The molecular weight excluding hydrogens is 247 g/mol. The number of hydrogen-bond donors (Lipinski definition) is 0. The molecule has 0 heterocycles. The molecule has 8 heteroatoms. The van der Waals surface area contributed by atoms with Gasteiger partial charge < -0.3 is 0 Å². The van der Waals surface area contributed by atoms with E-state index in [9.17, 15) is 29.4 Å². The van der Waals surface area contributed by atoms with Crippen LogP contribution in [0.25, 0.3) is 0 Å². The number of nitrogens with zero attached hydrogens (tertiary/aromatic N) is 2. The number of ketones is 1. The average molecular weight is 256 g/mol. The number of carbonyl (C=O) groups is 1. The smallest absolute Gasteiger partial charge is 0.294 e. The average Bonchev–Trinajstić information content (AvgIpc) is 2.27. The highest BCUT2D eigenvalue weighted by atomic mass is 19.1. The fraction of sp³-hybridized carbons (Fsp3) is 0.300. The van der Waals surface area contributed by atoms with E-state index in [2.05, 4.69) is 0 Å². The number of halogens is 1. The van der Waals surface area contributed by atoms with Gasteiger partial charge in [-0.15, -0.1) is 0 Å². The minimum atomic E-state index is -1.34. The molecule has 7 nitrogen and oxygen atoms in total. The quantitative estimate of drug-likeness (QED) is 0.467. The molecular formula is C10H9FN2O5. The van der Waals surface area contributed by atoms with Crippen molar-refractivity contribution in [3.63, 3.8) is 0 Å². The van der Waals surface area contributed by atoms with Crippen LogP contribution in [0.4, 0.5) is 15.8 Å². The van der Waals surface area contributed by atoms with Gasteiger partial charge in [0, 0.05) is 12.0 Å². The molecule has 0 N–H and O–H groups in total. The Balaban J connectivity index is 3.55. The summed E-state index contributed by atoms with van der Waals surface area (Å²) in [6.45, 7) is 2.93. The van der Waals surface area contributed by atoms with Crippen molar-refractivity contribution in [2.75, 3.05) is 0 Å². The highest BCUT2D eigenvalue weighted by Gasteiger charge is 2.28. The summed E-state index contributed by atoms with van der Waals surface area (Å²) in [5.74, 6) is -2.69. The van der Waals surface area contributed by atoms with Crippen molar-refractivity contribution < 1.29 is 19.0 Å². The first-order chi connectivity index (χ1) is 8.25. The van der Waals surface area contributed by atoms with Crippen molar-refractivity contribution >= 4 is 17.2 Å². The standard InChI is InChI=1S/C10H9FN2O5/c1-5(2)10(14)7-3-6(12(15)16)4-8(9(7)11)13(17)18/h3-5H,1-2H3. The first-order valence-electron chi connectivity index (χ1n) is 4.92. The van der Waals surface area contributed by atoms with E-state index in [1.807, 2.05) is 0 Å². The molecule has 0 aromatic heterocycles. The third kappa shape index (κ3) is 2.47. The molecule has 18 heavy (non-hydrogen) atoms. The highest BCUT2D eigenvalue weighted by Crippen LogP contribution is 2.28. The maximum atomic E-state index is 13.7. The molecule has 96 valence electrons. The summed E-state index contributed by atoms with van der Waals surface area (Å²) in [5.41, 5.74) is -2.40. The minimum absolute atomic E-state index is 0.492. The van der Waals surface area contributed by atoms with E-state index in [-0.39, 0.29) is 0 Å². The van der Waals surface area contributed by atoms with Crippen LogP contribution in [0.15, 0.2) is 12.1 Å². The number of nitro benzene ring substituents is 2. The van der Waals surface area contributed by atoms with E-state index >= 15 is 0 Å². The number of non-ortho nitro benzene ring substituents is 1. The summed E-state index contributed by atoms with van der Waals surface area (Å²) in [6, 6.07) is 1.21. The number of carbonyl (C=O) groups excluding carboxylic acids is 1. The largest absolute Gasteiger partial charge is 0.312 e. The summed E-state index contributed by atoms with van der Waals surface area (Å²) < 4.78 is 13.7. The zero-order chi connectivity index (χ0) is 14.0. The van der Waals surface area contributed by atoms with Crippen LogP contribution in [0.3, 0.4) is 0 Å². The van der Waals surface area contributed by atoms with Gasteiger partial charge in [0.25, 0.3) is 5.69 Å². The lowest BCUT2D eigenvalue weighted by Crippen LogP contribution is -2.12. The molecule has 0 fully saturated rings. The molecule has 0 radical (unpaired) electrons. The fourth-order valence-corrected chi connectivity index (χ4v) is 1.32. The van der Waals surface area contributed by atoms with Gasteiger partial charge in [-0.05, 0) is 0 Å². The Kier molecular flexibility index (Phi) is 3.70. The van der Waals surface area contributed by atoms with E-state index in [4.69, 9.17) is 0 Å². The van der Waals surface area contributed by atoms with E-state index < -0.39 is 44.3 Å². The molecule has 0 aliphatic heterocycles. The summed E-state index contributed by atoms with van der Waals surface area (Å²) in [4.78, 5) is 30.8. The van der Waals surface area contributed by atoms with Gasteiger partial charge >= 0.3 is 5.69 Å². The molecule has 0 spiro atoms. The van der Waals surface area contributed by atoms with Crippen LogP contribution in [-0.4, -0.2) is 15.6 Å². The van der Waals surface area contributed by atoms with E-state index in [1.54, 1.807) is 0 Å². The first-order valence-corrected chi connectivity index (χ1v) is 4.92. The van der Waals surface area contributed by atoms with Crippen LogP contribution >= 0.6 is 0 Å². The maximum Gasteiger partial charge on any atom is 0.312 e. The monoisotopic (exact) mass is 256 g/mol. The van der Waals surface area contributed by atoms with Crippen LogP contribution in [-0.2, 0) is 0 Å². The normalized spacial score (nSPS) is 10.4. The Morgan fingerprint density at radius 3 is 2.17 bits per heavy atom. The highest BCUT2D eigenvalue weighted by molar-refractivity contribution is 5.99. The topological polar surface area (TPSA) is 103 Å². The van der Waals surface area contributed by atoms with Gasteiger partial charge in [0.2, 0.25) is 5.82 Å². The molecule has 1 aromatic carbocycles. The number of benzene rings is 1. The summed E-state index contributed by atoms with van der Waals surface area (Å²) in [6.07, 6.45) is 0. The Labute approximate surface area is 101 Å². The first kappa shape index (κ1) is 13.7. The van der Waals surface area contributed by atoms with Crippen LogP contribution in [0, 0.1) is 32.0 Å². The fourth-order valence-electron chi connectivity index (χ4n) is 1.32. The minimum Gasteiger partial charge on any atom is -0.294 e. The number of nitro groups is 2. The lowest BCUT2D eigenvalue weighted by atomic mass is 9.99. The second kappa shape index (κ2) is 4.86. The van der Waals surface area contributed by atoms with Crippen molar-refractivity contribution in [2.45, 2.75) is 13.8 Å². The molecule has 0 atom stereocenters. The Bertz CT molecular complexity index is 541. The van der Waals surface area contributed by atoms with Gasteiger partial charge in [-0.2, -0.15) is 4.39 Å². The molecule has 0 saturated carbocycles. The lowest BCUT2D eigenvalue weighted by Gasteiger charge is -2.05. The number of rotatable bonds is 4. The molecule has 0 aliphatic rings. The molecule has 0 saturated heterocycles.